The molecule has 1 amide bonds. The van der Waals surface area contributed by atoms with Crippen LogP contribution in [0.2, 0.25) is 0 Å². The summed E-state index contributed by atoms with van der Waals surface area (Å²) in [6, 6.07) is 19.2. The molecule has 3 aromatic rings. The fourth-order valence-corrected chi connectivity index (χ4v) is 4.93. The molecule has 1 saturated heterocycles. The average Bonchev–Trinajstić information content (AvgIpc) is 3.18. The Morgan fingerprint density at radius 1 is 0.875 bits per heavy atom. The van der Waals surface area contributed by atoms with Gasteiger partial charge in [0.25, 0.3) is 11.7 Å². The molecule has 1 unspecified atom stereocenters. The predicted molar refractivity (Wildman–Crippen MR) is 155 cm³/mol. The Balaban J connectivity index is 1.84. The normalized spacial score (nSPS) is 16.8. The van der Waals surface area contributed by atoms with E-state index in [9.17, 15) is 14.7 Å². The van der Waals surface area contributed by atoms with Gasteiger partial charge in [-0.15, -0.1) is 0 Å². The summed E-state index contributed by atoms with van der Waals surface area (Å²) in [6.45, 7) is 11.2. The number of benzene rings is 3. The molecular formula is C33H37NO6. The summed E-state index contributed by atoms with van der Waals surface area (Å²) >= 11 is 0. The number of carbonyl (C=O) groups is 2. The Morgan fingerprint density at radius 3 is 2.08 bits per heavy atom. The van der Waals surface area contributed by atoms with Crippen LogP contribution >= 0.6 is 0 Å². The SMILES string of the molecule is CCOc1ccc(CN2C(=O)C(=O)/C(=C(\O)c3ccc(OCC)c(C(C)(C)C)c3)C2c2ccc(OC)cc2)cc1. The van der Waals surface area contributed by atoms with Crippen molar-refractivity contribution in [3.8, 4) is 17.2 Å². The zero-order valence-electron chi connectivity index (χ0n) is 24.0. The van der Waals surface area contributed by atoms with Gasteiger partial charge in [-0.25, -0.2) is 0 Å². The topological polar surface area (TPSA) is 85.3 Å². The number of likely N-dealkylation sites (tertiary alicyclic amines) is 1. The molecule has 0 saturated carbocycles. The van der Waals surface area contributed by atoms with E-state index in [0.29, 0.717) is 35.8 Å². The maximum Gasteiger partial charge on any atom is 0.295 e. The molecule has 4 rings (SSSR count). The van der Waals surface area contributed by atoms with Crippen molar-refractivity contribution in [2.24, 2.45) is 0 Å². The molecule has 0 bridgehead atoms. The molecule has 0 spiro atoms. The van der Waals surface area contributed by atoms with Crippen LogP contribution in [0, 0.1) is 0 Å². The standard InChI is InChI=1S/C33H37NO6/c1-7-39-25-14-9-21(10-15-25)20-34-29(22-11-16-24(38-6)17-12-22)28(31(36)32(34)37)30(35)23-13-18-27(40-8-2)26(19-23)33(3,4)5/h9-19,29,35H,7-8,20H2,1-6H3/b30-28-. The highest BCUT2D eigenvalue weighted by molar-refractivity contribution is 6.46. The van der Waals surface area contributed by atoms with Gasteiger partial charge in [0, 0.05) is 17.7 Å². The van der Waals surface area contributed by atoms with Gasteiger partial charge in [-0.2, -0.15) is 0 Å². The highest BCUT2D eigenvalue weighted by Gasteiger charge is 2.46. The number of methoxy groups -OCH3 is 1. The van der Waals surface area contributed by atoms with Crippen LogP contribution in [-0.2, 0) is 21.5 Å². The third-order valence-corrected chi connectivity index (χ3v) is 6.92. The average molecular weight is 544 g/mol. The van der Waals surface area contributed by atoms with Crippen LogP contribution in [0.1, 0.15) is 62.9 Å². The van der Waals surface area contributed by atoms with E-state index in [4.69, 9.17) is 14.2 Å². The van der Waals surface area contributed by atoms with Gasteiger partial charge < -0.3 is 24.2 Å². The molecule has 0 radical (unpaired) electrons. The van der Waals surface area contributed by atoms with E-state index in [1.165, 1.54) is 4.90 Å². The van der Waals surface area contributed by atoms with Gasteiger partial charge in [0.2, 0.25) is 0 Å². The summed E-state index contributed by atoms with van der Waals surface area (Å²) in [5.41, 5.74) is 2.63. The number of nitrogens with zero attached hydrogens (tertiary/aromatic N) is 1. The number of amides is 1. The number of hydrogen-bond acceptors (Lipinski definition) is 6. The highest BCUT2D eigenvalue weighted by Crippen LogP contribution is 2.42. The van der Waals surface area contributed by atoms with E-state index in [0.717, 1.165) is 16.9 Å². The first-order valence-electron chi connectivity index (χ1n) is 13.5. The van der Waals surface area contributed by atoms with Crippen LogP contribution in [-0.4, -0.2) is 42.0 Å². The third kappa shape index (κ3) is 5.83. The molecule has 7 heteroatoms. The number of ether oxygens (including phenoxy) is 3. The van der Waals surface area contributed by atoms with E-state index in [1.54, 1.807) is 31.4 Å². The van der Waals surface area contributed by atoms with E-state index in [2.05, 4.69) is 20.8 Å². The van der Waals surface area contributed by atoms with E-state index >= 15 is 0 Å². The van der Waals surface area contributed by atoms with Crippen molar-refractivity contribution >= 4 is 17.4 Å². The molecule has 1 heterocycles. The fourth-order valence-electron chi connectivity index (χ4n) is 4.93. The summed E-state index contributed by atoms with van der Waals surface area (Å²) in [7, 11) is 1.58. The van der Waals surface area contributed by atoms with Gasteiger partial charge in [-0.3, -0.25) is 9.59 Å². The summed E-state index contributed by atoms with van der Waals surface area (Å²) in [5.74, 6) is 0.475. The Bertz CT molecular complexity index is 1400. The molecular weight excluding hydrogens is 506 g/mol. The first kappa shape index (κ1) is 28.7. The van der Waals surface area contributed by atoms with E-state index in [-0.39, 0.29) is 23.3 Å². The molecule has 210 valence electrons. The summed E-state index contributed by atoms with van der Waals surface area (Å²) in [5, 5.41) is 11.6. The molecule has 1 N–H and O–H groups in total. The van der Waals surface area contributed by atoms with Crippen molar-refractivity contribution in [3.05, 3.63) is 94.6 Å². The Kier molecular flexibility index (Phi) is 8.52. The van der Waals surface area contributed by atoms with Crippen LogP contribution in [0.3, 0.4) is 0 Å². The van der Waals surface area contributed by atoms with E-state index in [1.807, 2.05) is 56.3 Å². The number of rotatable bonds is 9. The second-order valence-corrected chi connectivity index (χ2v) is 10.7. The van der Waals surface area contributed by atoms with Crippen molar-refractivity contribution < 1.29 is 28.9 Å². The zero-order chi connectivity index (χ0) is 29.0. The molecule has 1 fully saturated rings. The number of ketones is 1. The van der Waals surface area contributed by atoms with Crippen LogP contribution < -0.4 is 14.2 Å². The molecule has 1 aliphatic heterocycles. The molecule has 40 heavy (non-hydrogen) atoms. The smallest absolute Gasteiger partial charge is 0.295 e. The minimum Gasteiger partial charge on any atom is -0.507 e. The van der Waals surface area contributed by atoms with Crippen LogP contribution in [0.25, 0.3) is 5.76 Å². The molecule has 0 aromatic heterocycles. The first-order chi connectivity index (χ1) is 19.1. The second kappa shape index (κ2) is 11.9. The molecule has 1 atom stereocenters. The van der Waals surface area contributed by atoms with Crippen molar-refractivity contribution in [1.29, 1.82) is 0 Å². The number of hydrogen-bond donors (Lipinski definition) is 1. The van der Waals surface area contributed by atoms with Gasteiger partial charge >= 0.3 is 0 Å². The lowest BCUT2D eigenvalue weighted by Crippen LogP contribution is -2.29. The third-order valence-electron chi connectivity index (χ3n) is 6.92. The zero-order valence-corrected chi connectivity index (χ0v) is 24.0. The number of carbonyl (C=O) groups excluding carboxylic acids is 2. The minimum absolute atomic E-state index is 0.0464. The lowest BCUT2D eigenvalue weighted by Gasteiger charge is -2.26. The van der Waals surface area contributed by atoms with Crippen molar-refractivity contribution in [2.45, 2.75) is 52.6 Å². The quantitative estimate of drug-likeness (QED) is 0.191. The van der Waals surface area contributed by atoms with Gasteiger partial charge in [-0.1, -0.05) is 45.0 Å². The maximum atomic E-state index is 13.5. The van der Waals surface area contributed by atoms with Crippen molar-refractivity contribution in [3.63, 3.8) is 0 Å². The monoisotopic (exact) mass is 543 g/mol. The summed E-state index contributed by atoms with van der Waals surface area (Å²) < 4.78 is 16.7. The van der Waals surface area contributed by atoms with Gasteiger partial charge in [-0.05, 0) is 72.9 Å². The highest BCUT2D eigenvalue weighted by atomic mass is 16.5. The lowest BCUT2D eigenvalue weighted by molar-refractivity contribution is -0.140. The molecule has 7 nitrogen and oxygen atoms in total. The minimum atomic E-state index is -0.790. The van der Waals surface area contributed by atoms with Crippen LogP contribution in [0.5, 0.6) is 17.2 Å². The van der Waals surface area contributed by atoms with Gasteiger partial charge in [0.15, 0.2) is 0 Å². The maximum absolute atomic E-state index is 13.5. The van der Waals surface area contributed by atoms with Crippen LogP contribution in [0.15, 0.2) is 72.3 Å². The molecule has 3 aromatic carbocycles. The summed E-state index contributed by atoms with van der Waals surface area (Å²) in [6.07, 6.45) is 0. The van der Waals surface area contributed by atoms with E-state index < -0.39 is 17.7 Å². The summed E-state index contributed by atoms with van der Waals surface area (Å²) in [4.78, 5) is 28.5. The van der Waals surface area contributed by atoms with Gasteiger partial charge in [0.1, 0.15) is 23.0 Å². The van der Waals surface area contributed by atoms with Crippen molar-refractivity contribution in [1.82, 2.24) is 4.90 Å². The fraction of sp³-hybridized carbons (Fsp3) is 0.333. The first-order valence-corrected chi connectivity index (χ1v) is 13.5. The van der Waals surface area contributed by atoms with Crippen LogP contribution in [0.4, 0.5) is 0 Å². The Labute approximate surface area is 236 Å². The van der Waals surface area contributed by atoms with Crippen molar-refractivity contribution in [2.75, 3.05) is 20.3 Å². The number of aliphatic hydroxyl groups excluding tert-OH is 1. The van der Waals surface area contributed by atoms with Gasteiger partial charge in [0.05, 0.1) is 31.9 Å². The molecule has 1 aliphatic rings. The lowest BCUT2D eigenvalue weighted by atomic mass is 9.84. The predicted octanol–water partition coefficient (Wildman–Crippen LogP) is 6.41. The largest absolute Gasteiger partial charge is 0.507 e. The Morgan fingerprint density at radius 2 is 1.50 bits per heavy atom. The number of Topliss-reactive ketones (excluding diaryl/α,β-unsaturated/α-hetero) is 1. The Hall–Kier alpha value is -4.26. The molecule has 0 aliphatic carbocycles. The second-order valence-electron chi connectivity index (χ2n) is 10.7. The number of aliphatic hydroxyl groups is 1.